The minimum atomic E-state index is -4.44. The van der Waals surface area contributed by atoms with Crippen LogP contribution in [0.5, 0.6) is 0 Å². The Morgan fingerprint density at radius 2 is 2.19 bits per heavy atom. The van der Waals surface area contributed by atoms with Crippen LogP contribution >= 0.6 is 0 Å². The van der Waals surface area contributed by atoms with Crippen LogP contribution in [-0.2, 0) is 33.4 Å². The van der Waals surface area contributed by atoms with Crippen molar-refractivity contribution >= 4 is 5.91 Å². The van der Waals surface area contributed by atoms with Gasteiger partial charge in [-0.1, -0.05) is 6.92 Å². The molecule has 1 aromatic heterocycles. The summed E-state index contributed by atoms with van der Waals surface area (Å²) in [5.74, 6) is 0.0233. The van der Waals surface area contributed by atoms with E-state index in [1.54, 1.807) is 12.0 Å². The van der Waals surface area contributed by atoms with Crippen LogP contribution in [0.2, 0.25) is 0 Å². The van der Waals surface area contributed by atoms with Gasteiger partial charge in [-0.25, -0.2) is 0 Å². The molecule has 1 aliphatic carbocycles. The Kier molecular flexibility index (Phi) is 6.29. The molecule has 4 atom stereocenters. The zero-order valence-electron chi connectivity index (χ0n) is 18.0. The van der Waals surface area contributed by atoms with E-state index in [2.05, 4.69) is 10.3 Å². The van der Waals surface area contributed by atoms with E-state index in [9.17, 15) is 18.0 Å². The second kappa shape index (κ2) is 8.67. The fraction of sp³-hybridized carbons (Fsp3) is 0.727. The van der Waals surface area contributed by atoms with Crippen LogP contribution in [0.1, 0.15) is 49.4 Å². The fourth-order valence-corrected chi connectivity index (χ4v) is 5.15. The van der Waals surface area contributed by atoms with Gasteiger partial charge in [0.25, 0.3) is 0 Å². The van der Waals surface area contributed by atoms with Crippen LogP contribution in [-0.4, -0.2) is 60.8 Å². The molecule has 4 rings (SSSR count). The zero-order valence-corrected chi connectivity index (χ0v) is 18.0. The first-order chi connectivity index (χ1) is 14.7. The normalized spacial score (nSPS) is 31.5. The molecule has 0 spiro atoms. The summed E-state index contributed by atoms with van der Waals surface area (Å²) in [5.41, 5.74) is -0.131. The molecule has 0 aromatic carbocycles. The molecule has 0 radical (unpaired) electrons. The van der Waals surface area contributed by atoms with Crippen molar-refractivity contribution in [2.24, 2.45) is 5.41 Å². The van der Waals surface area contributed by atoms with Crippen LogP contribution in [0.15, 0.2) is 12.3 Å². The summed E-state index contributed by atoms with van der Waals surface area (Å²) in [5, 5.41) is 3.66. The lowest BCUT2D eigenvalue weighted by Crippen LogP contribution is -2.51. The Morgan fingerprint density at radius 3 is 2.94 bits per heavy atom. The molecule has 1 aromatic rings. The first-order valence-electron chi connectivity index (χ1n) is 10.9. The van der Waals surface area contributed by atoms with Crippen molar-refractivity contribution in [2.75, 3.05) is 26.9 Å². The van der Waals surface area contributed by atoms with Gasteiger partial charge in [0.05, 0.1) is 18.3 Å². The Labute approximate surface area is 180 Å². The number of methoxy groups -OCH3 is 1. The second-order valence-electron chi connectivity index (χ2n) is 9.22. The number of nitrogens with one attached hydrogen (secondary N) is 1. The van der Waals surface area contributed by atoms with E-state index in [0.29, 0.717) is 43.9 Å². The first-order valence-corrected chi connectivity index (χ1v) is 10.9. The topological polar surface area (TPSA) is 63.7 Å². The van der Waals surface area contributed by atoms with E-state index in [1.807, 2.05) is 6.92 Å². The Morgan fingerprint density at radius 1 is 1.39 bits per heavy atom. The predicted molar refractivity (Wildman–Crippen MR) is 107 cm³/mol. The quantitative estimate of drug-likeness (QED) is 0.779. The molecule has 2 aliphatic heterocycles. The number of ether oxygens (including phenoxy) is 2. The summed E-state index contributed by atoms with van der Waals surface area (Å²) in [6.07, 6.45) is 0.165. The van der Waals surface area contributed by atoms with Gasteiger partial charge >= 0.3 is 6.18 Å². The number of carbonyl (C=O) groups is 1. The molecular weight excluding hydrogens is 411 g/mol. The molecule has 1 saturated carbocycles. The molecule has 0 bridgehead atoms. The fourth-order valence-electron chi connectivity index (χ4n) is 5.15. The minimum Gasteiger partial charge on any atom is -0.379 e. The molecule has 1 N–H and O–H groups in total. The molecular formula is C22H30F3N3O3. The van der Waals surface area contributed by atoms with Crippen molar-refractivity contribution in [3.05, 3.63) is 29.1 Å². The molecule has 6 nitrogen and oxygen atoms in total. The summed E-state index contributed by atoms with van der Waals surface area (Å²) in [7, 11) is 1.68. The molecule has 2 fully saturated rings. The predicted octanol–water partition coefficient (Wildman–Crippen LogP) is 2.94. The van der Waals surface area contributed by atoms with Crippen molar-refractivity contribution < 1.29 is 27.4 Å². The van der Waals surface area contributed by atoms with Gasteiger partial charge < -0.3 is 19.7 Å². The van der Waals surface area contributed by atoms with Gasteiger partial charge in [-0.3, -0.25) is 9.78 Å². The summed E-state index contributed by atoms with van der Waals surface area (Å²) in [4.78, 5) is 19.1. The number of aromatic nitrogens is 1. The van der Waals surface area contributed by atoms with E-state index in [1.165, 1.54) is 0 Å². The molecule has 3 unspecified atom stereocenters. The third kappa shape index (κ3) is 4.73. The van der Waals surface area contributed by atoms with Gasteiger partial charge in [0.15, 0.2) is 0 Å². The highest BCUT2D eigenvalue weighted by atomic mass is 19.4. The second-order valence-corrected chi connectivity index (χ2v) is 9.22. The number of hydrogen-bond acceptors (Lipinski definition) is 5. The summed E-state index contributed by atoms with van der Waals surface area (Å²) in [6.45, 7) is 3.92. The highest BCUT2D eigenvalue weighted by Crippen LogP contribution is 2.41. The third-order valence-electron chi connectivity index (χ3n) is 6.97. The average Bonchev–Trinajstić information content (AvgIpc) is 3.14. The maximum absolute atomic E-state index is 13.4. The lowest BCUT2D eigenvalue weighted by Gasteiger charge is -2.36. The van der Waals surface area contributed by atoms with Gasteiger partial charge in [-0.05, 0) is 37.3 Å². The monoisotopic (exact) mass is 441 g/mol. The van der Waals surface area contributed by atoms with Crippen LogP contribution < -0.4 is 5.32 Å². The molecule has 31 heavy (non-hydrogen) atoms. The number of rotatable bonds is 4. The van der Waals surface area contributed by atoms with Crippen LogP contribution in [0, 0.1) is 5.41 Å². The Balaban J connectivity index is 1.40. The molecule has 3 aliphatic rings. The van der Waals surface area contributed by atoms with Gasteiger partial charge in [-0.2, -0.15) is 13.2 Å². The molecule has 3 heterocycles. The van der Waals surface area contributed by atoms with Crippen molar-refractivity contribution in [3.63, 3.8) is 0 Å². The van der Waals surface area contributed by atoms with Crippen LogP contribution in [0.4, 0.5) is 13.2 Å². The number of fused-ring (bicyclic) bond motifs is 1. The largest absolute Gasteiger partial charge is 0.417 e. The lowest BCUT2D eigenvalue weighted by atomic mass is 9.85. The first kappa shape index (κ1) is 22.5. The standard InChI is InChI=1S/C22H30F3N3O3/c1-21(6-3-16(10-21)27-18-5-8-31-13-19(18)30-2)20(29)28-7-4-17-14(12-28)9-15(11-26-17)22(23,24)25/h9,11,16,18-19,27H,3-8,10,12-13H2,1-2H3/t16?,18?,19?,21-/m0/s1. The molecule has 172 valence electrons. The van der Waals surface area contributed by atoms with E-state index < -0.39 is 17.2 Å². The van der Waals surface area contributed by atoms with Gasteiger partial charge in [0.2, 0.25) is 5.91 Å². The highest BCUT2D eigenvalue weighted by Gasteiger charge is 2.45. The molecule has 1 amide bonds. The summed E-state index contributed by atoms with van der Waals surface area (Å²) >= 11 is 0. The number of amides is 1. The van der Waals surface area contributed by atoms with E-state index in [0.717, 1.165) is 31.5 Å². The zero-order chi connectivity index (χ0) is 22.2. The maximum atomic E-state index is 13.4. The highest BCUT2D eigenvalue weighted by molar-refractivity contribution is 5.83. The van der Waals surface area contributed by atoms with Gasteiger partial charge in [0.1, 0.15) is 0 Å². The average molecular weight is 441 g/mol. The number of alkyl halides is 3. The number of halogens is 3. The number of hydrogen-bond donors (Lipinski definition) is 1. The van der Waals surface area contributed by atoms with Crippen LogP contribution in [0.25, 0.3) is 0 Å². The van der Waals surface area contributed by atoms with E-state index in [-0.39, 0.29) is 30.6 Å². The lowest BCUT2D eigenvalue weighted by molar-refractivity contribution is -0.142. The van der Waals surface area contributed by atoms with Crippen LogP contribution in [0.3, 0.4) is 0 Å². The third-order valence-corrected chi connectivity index (χ3v) is 6.97. The van der Waals surface area contributed by atoms with Gasteiger partial charge in [0, 0.05) is 62.6 Å². The number of carbonyl (C=O) groups excluding carboxylic acids is 1. The SMILES string of the molecule is COC1COCCC1NC1CC[C@](C)(C(=O)N2CCc3ncc(C(F)(F)F)cc3C2)C1. The minimum absolute atomic E-state index is 0.00484. The Hall–Kier alpha value is -1.71. The van der Waals surface area contributed by atoms with Crippen molar-refractivity contribution in [1.82, 2.24) is 15.2 Å². The van der Waals surface area contributed by atoms with E-state index >= 15 is 0 Å². The molecule has 1 saturated heterocycles. The molecule has 9 heteroatoms. The maximum Gasteiger partial charge on any atom is 0.417 e. The van der Waals surface area contributed by atoms with E-state index in [4.69, 9.17) is 9.47 Å². The summed E-state index contributed by atoms with van der Waals surface area (Å²) in [6, 6.07) is 1.55. The van der Waals surface area contributed by atoms with Crippen molar-refractivity contribution in [1.29, 1.82) is 0 Å². The smallest absolute Gasteiger partial charge is 0.379 e. The summed E-state index contributed by atoms with van der Waals surface area (Å²) < 4.78 is 50.2. The Bertz CT molecular complexity index is 819. The van der Waals surface area contributed by atoms with Gasteiger partial charge in [-0.15, -0.1) is 0 Å². The van der Waals surface area contributed by atoms with Crippen molar-refractivity contribution in [3.8, 4) is 0 Å². The van der Waals surface area contributed by atoms with Crippen molar-refractivity contribution in [2.45, 2.75) is 69.9 Å². The number of nitrogens with zero attached hydrogens (tertiary/aromatic N) is 2. The number of pyridine rings is 1.